The lowest BCUT2D eigenvalue weighted by Gasteiger charge is -2.22. The molecule has 0 radical (unpaired) electrons. The number of nitrogens with zero attached hydrogens (tertiary/aromatic N) is 1. The third-order valence-electron chi connectivity index (χ3n) is 4.13. The molecule has 1 aliphatic rings. The van der Waals surface area contributed by atoms with Crippen LogP contribution in [0.2, 0.25) is 0 Å². The predicted molar refractivity (Wildman–Crippen MR) is 96.8 cm³/mol. The van der Waals surface area contributed by atoms with Crippen molar-refractivity contribution in [3.63, 3.8) is 0 Å². The van der Waals surface area contributed by atoms with Gasteiger partial charge < -0.3 is 10.6 Å². The van der Waals surface area contributed by atoms with E-state index >= 15 is 0 Å². The quantitative estimate of drug-likeness (QED) is 0.747. The summed E-state index contributed by atoms with van der Waals surface area (Å²) in [6, 6.07) is 11.9. The van der Waals surface area contributed by atoms with E-state index in [1.807, 2.05) is 0 Å². The Morgan fingerprint density at radius 3 is 2.58 bits per heavy atom. The highest BCUT2D eigenvalue weighted by Gasteiger charge is 2.49. The number of carbonyl (C=O) groups is 3. The van der Waals surface area contributed by atoms with Gasteiger partial charge in [-0.2, -0.15) is 0 Å². The first-order valence-corrected chi connectivity index (χ1v) is 8.55. The number of rotatable bonds is 4. The first kappa shape index (κ1) is 18.1. The lowest BCUT2D eigenvalue weighted by atomic mass is 9.92. The normalized spacial score (nSPS) is 19.4. The van der Waals surface area contributed by atoms with E-state index in [1.165, 1.54) is 18.2 Å². The number of halogens is 2. The molecule has 2 aromatic rings. The Bertz CT molecular complexity index is 891. The Hall–Kier alpha value is -2.74. The largest absolute Gasteiger partial charge is 0.325 e. The van der Waals surface area contributed by atoms with E-state index in [0.717, 1.165) is 4.90 Å². The molecule has 1 unspecified atom stereocenters. The van der Waals surface area contributed by atoms with Crippen LogP contribution in [0.15, 0.2) is 53.0 Å². The molecular weight excluding hydrogens is 405 g/mol. The van der Waals surface area contributed by atoms with E-state index in [1.54, 1.807) is 37.3 Å². The van der Waals surface area contributed by atoms with Crippen molar-refractivity contribution in [2.45, 2.75) is 12.5 Å². The molecule has 134 valence electrons. The second kappa shape index (κ2) is 6.87. The van der Waals surface area contributed by atoms with Gasteiger partial charge in [-0.1, -0.05) is 30.3 Å². The van der Waals surface area contributed by atoms with Crippen LogP contribution < -0.4 is 10.6 Å². The van der Waals surface area contributed by atoms with Crippen molar-refractivity contribution in [1.29, 1.82) is 0 Å². The number of anilines is 1. The molecule has 4 amide bonds. The first-order valence-electron chi connectivity index (χ1n) is 7.76. The van der Waals surface area contributed by atoms with E-state index in [4.69, 9.17) is 0 Å². The summed E-state index contributed by atoms with van der Waals surface area (Å²) in [6.07, 6.45) is 0. The molecule has 1 saturated heterocycles. The Morgan fingerprint density at radius 2 is 1.92 bits per heavy atom. The lowest BCUT2D eigenvalue weighted by Crippen LogP contribution is -2.42. The molecular formula is C18H15BrFN3O3. The number of imide groups is 1. The van der Waals surface area contributed by atoms with Crippen LogP contribution in [0, 0.1) is 5.82 Å². The highest BCUT2D eigenvalue weighted by Crippen LogP contribution is 2.29. The van der Waals surface area contributed by atoms with Crippen LogP contribution >= 0.6 is 15.9 Å². The molecule has 0 aliphatic carbocycles. The third-order valence-corrected chi connectivity index (χ3v) is 4.79. The number of nitrogens with one attached hydrogen (secondary N) is 2. The van der Waals surface area contributed by atoms with Crippen molar-refractivity contribution >= 4 is 39.5 Å². The van der Waals surface area contributed by atoms with Crippen molar-refractivity contribution in [3.05, 3.63) is 64.4 Å². The third kappa shape index (κ3) is 3.32. The first-order chi connectivity index (χ1) is 12.3. The number of amides is 4. The van der Waals surface area contributed by atoms with Gasteiger partial charge in [-0.25, -0.2) is 9.18 Å². The smallest absolute Gasteiger partial charge is 0.323 e. The summed E-state index contributed by atoms with van der Waals surface area (Å²) in [5.41, 5.74) is -0.258. The van der Waals surface area contributed by atoms with Crippen molar-refractivity contribution in [3.8, 4) is 0 Å². The number of hydrogen-bond acceptors (Lipinski definition) is 3. The molecule has 1 fully saturated rings. The van der Waals surface area contributed by atoms with Gasteiger partial charge in [0.15, 0.2) is 0 Å². The molecule has 0 aromatic heterocycles. The molecule has 2 N–H and O–H groups in total. The van der Waals surface area contributed by atoms with E-state index in [9.17, 15) is 18.8 Å². The van der Waals surface area contributed by atoms with E-state index in [0.29, 0.717) is 15.7 Å². The van der Waals surface area contributed by atoms with E-state index in [2.05, 4.69) is 26.6 Å². The number of hydrogen-bond donors (Lipinski definition) is 2. The summed E-state index contributed by atoms with van der Waals surface area (Å²) in [6.45, 7) is 1.15. The van der Waals surface area contributed by atoms with Crippen LogP contribution in [0.1, 0.15) is 12.5 Å². The standard InChI is InChI=1S/C18H15BrFN3O3/c1-18(11-5-3-2-4-6-11)16(25)23(17(26)22-18)10-15(24)21-14-8-7-12(20)9-13(14)19/h2-9H,10H2,1H3,(H,21,24)(H,22,26). The topological polar surface area (TPSA) is 78.5 Å². The summed E-state index contributed by atoms with van der Waals surface area (Å²) in [5.74, 6) is -1.54. The van der Waals surface area contributed by atoms with Crippen LogP contribution in [0.5, 0.6) is 0 Å². The number of urea groups is 1. The molecule has 3 rings (SSSR count). The second-order valence-corrected chi connectivity index (χ2v) is 6.84. The minimum atomic E-state index is -1.23. The maximum atomic E-state index is 13.1. The van der Waals surface area contributed by atoms with Crippen molar-refractivity contribution in [2.75, 3.05) is 11.9 Å². The molecule has 6 nitrogen and oxygen atoms in total. The highest BCUT2D eigenvalue weighted by atomic mass is 79.9. The average Bonchev–Trinajstić information content (AvgIpc) is 2.82. The molecule has 0 spiro atoms. The summed E-state index contributed by atoms with van der Waals surface area (Å²) >= 11 is 3.15. The minimum absolute atomic E-state index is 0.342. The van der Waals surface area contributed by atoms with Gasteiger partial charge in [-0.15, -0.1) is 0 Å². The van der Waals surface area contributed by atoms with Crippen molar-refractivity contribution in [2.24, 2.45) is 0 Å². The van der Waals surface area contributed by atoms with Gasteiger partial charge in [0.05, 0.1) is 5.69 Å². The minimum Gasteiger partial charge on any atom is -0.323 e. The summed E-state index contributed by atoms with van der Waals surface area (Å²) < 4.78 is 13.5. The molecule has 1 heterocycles. The van der Waals surface area contributed by atoms with Gasteiger partial charge in [0.25, 0.3) is 5.91 Å². The maximum absolute atomic E-state index is 13.1. The van der Waals surface area contributed by atoms with Crippen LogP contribution in [-0.4, -0.2) is 29.3 Å². The Kier molecular flexibility index (Phi) is 4.78. The fourth-order valence-corrected chi connectivity index (χ4v) is 3.18. The van der Waals surface area contributed by atoms with E-state index in [-0.39, 0.29) is 0 Å². The molecule has 8 heteroatoms. The van der Waals surface area contributed by atoms with Gasteiger partial charge in [0, 0.05) is 4.47 Å². The molecule has 1 aliphatic heterocycles. The molecule has 0 bridgehead atoms. The average molecular weight is 420 g/mol. The molecule has 26 heavy (non-hydrogen) atoms. The monoisotopic (exact) mass is 419 g/mol. The van der Waals surface area contributed by atoms with Gasteiger partial charge in [-0.05, 0) is 46.6 Å². The predicted octanol–water partition coefficient (Wildman–Crippen LogP) is 2.99. The fraction of sp³-hybridized carbons (Fsp3) is 0.167. The number of carbonyl (C=O) groups excluding carboxylic acids is 3. The zero-order valence-electron chi connectivity index (χ0n) is 13.8. The molecule has 1 atom stereocenters. The second-order valence-electron chi connectivity index (χ2n) is 5.98. The van der Waals surface area contributed by atoms with Gasteiger partial charge in [0.2, 0.25) is 5.91 Å². The zero-order valence-corrected chi connectivity index (χ0v) is 15.3. The van der Waals surface area contributed by atoms with Crippen LogP contribution in [0.25, 0.3) is 0 Å². The summed E-state index contributed by atoms with van der Waals surface area (Å²) in [4.78, 5) is 38.1. The maximum Gasteiger partial charge on any atom is 0.325 e. The summed E-state index contributed by atoms with van der Waals surface area (Å²) in [7, 11) is 0. The van der Waals surface area contributed by atoms with Crippen LogP contribution in [0.4, 0.5) is 14.9 Å². The van der Waals surface area contributed by atoms with Gasteiger partial charge in [-0.3, -0.25) is 14.5 Å². The Balaban J connectivity index is 1.74. The van der Waals surface area contributed by atoms with E-state index < -0.39 is 35.7 Å². The zero-order chi connectivity index (χ0) is 18.9. The van der Waals surface area contributed by atoms with Gasteiger partial charge in [0.1, 0.15) is 17.9 Å². The molecule has 2 aromatic carbocycles. The lowest BCUT2D eigenvalue weighted by molar-refractivity contribution is -0.133. The Labute approximate surface area is 157 Å². The van der Waals surface area contributed by atoms with Crippen molar-refractivity contribution in [1.82, 2.24) is 10.2 Å². The molecule has 0 saturated carbocycles. The van der Waals surface area contributed by atoms with Gasteiger partial charge >= 0.3 is 6.03 Å². The Morgan fingerprint density at radius 1 is 1.23 bits per heavy atom. The number of benzene rings is 2. The van der Waals surface area contributed by atoms with Crippen LogP contribution in [0.3, 0.4) is 0 Å². The van der Waals surface area contributed by atoms with Crippen molar-refractivity contribution < 1.29 is 18.8 Å². The SMILES string of the molecule is CC1(c2ccccc2)NC(=O)N(CC(=O)Nc2ccc(F)cc2Br)C1=O. The highest BCUT2D eigenvalue weighted by molar-refractivity contribution is 9.10. The van der Waals surface area contributed by atoms with Crippen LogP contribution in [-0.2, 0) is 15.1 Å². The fourth-order valence-electron chi connectivity index (χ4n) is 2.73. The summed E-state index contributed by atoms with van der Waals surface area (Å²) in [5, 5.41) is 5.18.